The van der Waals surface area contributed by atoms with Gasteiger partial charge in [-0.25, -0.2) is 13.4 Å². The van der Waals surface area contributed by atoms with Crippen molar-refractivity contribution in [3.63, 3.8) is 0 Å². The number of aryl methyl sites for hydroxylation is 2. The number of nitrogens with zero attached hydrogens (tertiary/aromatic N) is 4. The van der Waals surface area contributed by atoms with Crippen molar-refractivity contribution in [2.75, 3.05) is 18.0 Å². The molecule has 1 amide bonds. The third-order valence-electron chi connectivity index (χ3n) is 5.90. The van der Waals surface area contributed by atoms with Crippen LogP contribution in [0.5, 0.6) is 0 Å². The smallest absolute Gasteiger partial charge is 0.260 e. The van der Waals surface area contributed by atoms with Crippen molar-refractivity contribution in [3.8, 4) is 0 Å². The summed E-state index contributed by atoms with van der Waals surface area (Å²) in [6.45, 7) is 8.65. The average Bonchev–Trinajstić information content (AvgIpc) is 3.32. The lowest BCUT2D eigenvalue weighted by atomic mass is 10.1. The molecular weight excluding hydrogens is 480 g/mol. The molecule has 0 saturated heterocycles. The van der Waals surface area contributed by atoms with Gasteiger partial charge in [0.1, 0.15) is 0 Å². The monoisotopic (exact) mass is 508 g/mol. The number of sulfonamides is 1. The van der Waals surface area contributed by atoms with Crippen LogP contribution in [0.15, 0.2) is 65.7 Å². The fourth-order valence-corrected chi connectivity index (χ4v) is 6.45. The van der Waals surface area contributed by atoms with Crippen molar-refractivity contribution in [2.45, 2.75) is 39.1 Å². The molecule has 0 unspecified atom stereocenters. The number of anilines is 1. The highest BCUT2D eigenvalue weighted by Gasteiger charge is 2.25. The van der Waals surface area contributed by atoms with Crippen LogP contribution in [0.3, 0.4) is 0 Å². The van der Waals surface area contributed by atoms with E-state index in [-0.39, 0.29) is 17.3 Å². The lowest BCUT2D eigenvalue weighted by Gasteiger charge is -2.21. The van der Waals surface area contributed by atoms with Crippen LogP contribution in [0.4, 0.5) is 5.13 Å². The molecule has 4 aromatic rings. The van der Waals surface area contributed by atoms with Gasteiger partial charge in [-0.15, -0.1) is 0 Å². The van der Waals surface area contributed by atoms with E-state index in [0.29, 0.717) is 23.8 Å². The zero-order valence-electron chi connectivity index (χ0n) is 20.2. The summed E-state index contributed by atoms with van der Waals surface area (Å²) >= 11 is 1.47. The van der Waals surface area contributed by atoms with E-state index in [0.717, 1.165) is 27.0 Å². The second-order valence-electron chi connectivity index (χ2n) is 8.20. The van der Waals surface area contributed by atoms with Crippen LogP contribution in [0.1, 0.15) is 41.0 Å². The van der Waals surface area contributed by atoms with Gasteiger partial charge in [0, 0.05) is 24.8 Å². The standard InChI is InChI=1S/C26H28N4O3S2/c1-5-29(6-2)35(32,33)22-14-12-20(13-15-22)25(31)30(17-21-9-7-8-16-27-21)26-28-23-18(3)10-11-19(4)24(23)34-26/h7-16H,5-6,17H2,1-4H3. The van der Waals surface area contributed by atoms with Crippen LogP contribution in [0, 0.1) is 13.8 Å². The molecule has 0 saturated carbocycles. The van der Waals surface area contributed by atoms with Crippen LogP contribution in [0.2, 0.25) is 0 Å². The fraction of sp³-hybridized carbons (Fsp3) is 0.269. The Kier molecular flexibility index (Phi) is 7.30. The van der Waals surface area contributed by atoms with E-state index in [1.54, 1.807) is 37.1 Å². The summed E-state index contributed by atoms with van der Waals surface area (Å²) in [5, 5.41) is 0.577. The van der Waals surface area contributed by atoms with Crippen molar-refractivity contribution < 1.29 is 13.2 Å². The molecule has 0 radical (unpaired) electrons. The number of pyridine rings is 1. The molecule has 2 aromatic carbocycles. The number of thiazole rings is 1. The molecular formula is C26H28N4O3S2. The zero-order valence-corrected chi connectivity index (χ0v) is 21.9. The quantitative estimate of drug-likeness (QED) is 0.327. The molecule has 0 N–H and O–H groups in total. The Bertz CT molecular complexity index is 1410. The lowest BCUT2D eigenvalue weighted by molar-refractivity contribution is 0.0984. The second kappa shape index (κ2) is 10.2. The highest BCUT2D eigenvalue weighted by Crippen LogP contribution is 2.34. The molecule has 9 heteroatoms. The number of aromatic nitrogens is 2. The first-order valence-electron chi connectivity index (χ1n) is 11.4. The van der Waals surface area contributed by atoms with Gasteiger partial charge in [0.2, 0.25) is 10.0 Å². The summed E-state index contributed by atoms with van der Waals surface area (Å²) in [5.41, 5.74) is 4.14. The molecule has 0 aliphatic carbocycles. The highest BCUT2D eigenvalue weighted by atomic mass is 32.2. The predicted molar refractivity (Wildman–Crippen MR) is 140 cm³/mol. The van der Waals surface area contributed by atoms with Gasteiger partial charge >= 0.3 is 0 Å². The number of fused-ring (bicyclic) bond motifs is 1. The normalized spacial score (nSPS) is 11.8. The first-order valence-corrected chi connectivity index (χ1v) is 13.7. The summed E-state index contributed by atoms with van der Waals surface area (Å²) in [5.74, 6) is -0.267. The maximum Gasteiger partial charge on any atom is 0.260 e. The van der Waals surface area contributed by atoms with Gasteiger partial charge in [0.15, 0.2) is 5.13 Å². The van der Waals surface area contributed by atoms with Crippen molar-refractivity contribution in [2.24, 2.45) is 0 Å². The van der Waals surface area contributed by atoms with Crippen LogP contribution in [-0.4, -0.2) is 41.7 Å². The first-order chi connectivity index (χ1) is 16.8. The van der Waals surface area contributed by atoms with E-state index in [2.05, 4.69) is 11.1 Å². The zero-order chi connectivity index (χ0) is 25.2. The molecule has 182 valence electrons. The minimum absolute atomic E-state index is 0.167. The van der Waals surface area contributed by atoms with E-state index in [4.69, 9.17) is 4.98 Å². The Morgan fingerprint density at radius 2 is 1.63 bits per heavy atom. The first kappa shape index (κ1) is 25.0. The Balaban J connectivity index is 1.74. The molecule has 7 nitrogen and oxygen atoms in total. The van der Waals surface area contributed by atoms with E-state index in [1.807, 2.05) is 38.1 Å². The number of hydrogen-bond donors (Lipinski definition) is 0. The number of carbonyl (C=O) groups is 1. The summed E-state index contributed by atoms with van der Waals surface area (Å²) < 4.78 is 28.1. The van der Waals surface area contributed by atoms with Crippen molar-refractivity contribution >= 4 is 42.6 Å². The third kappa shape index (κ3) is 4.98. The number of amides is 1. The summed E-state index contributed by atoms with van der Waals surface area (Å²) in [4.78, 5) is 24.7. The minimum Gasteiger partial charge on any atom is -0.278 e. The Morgan fingerprint density at radius 1 is 0.943 bits per heavy atom. The number of rotatable bonds is 8. The van der Waals surface area contributed by atoms with Crippen LogP contribution >= 0.6 is 11.3 Å². The van der Waals surface area contributed by atoms with Gasteiger partial charge in [-0.05, 0) is 61.4 Å². The van der Waals surface area contributed by atoms with Gasteiger partial charge in [0.25, 0.3) is 5.91 Å². The topological polar surface area (TPSA) is 83.5 Å². The fourth-order valence-electron chi connectivity index (χ4n) is 3.88. The molecule has 0 bridgehead atoms. The molecule has 0 aliphatic heterocycles. The average molecular weight is 509 g/mol. The third-order valence-corrected chi connectivity index (χ3v) is 9.18. The predicted octanol–water partition coefficient (Wildman–Crippen LogP) is 5.19. The lowest BCUT2D eigenvalue weighted by Crippen LogP contribution is -2.31. The van der Waals surface area contributed by atoms with Gasteiger partial charge in [-0.1, -0.05) is 43.4 Å². The molecule has 0 aliphatic rings. The van der Waals surface area contributed by atoms with Gasteiger partial charge in [-0.3, -0.25) is 14.7 Å². The maximum absolute atomic E-state index is 13.7. The highest BCUT2D eigenvalue weighted by molar-refractivity contribution is 7.89. The molecule has 0 fully saturated rings. The van der Waals surface area contributed by atoms with Gasteiger partial charge in [0.05, 0.1) is 27.4 Å². The SMILES string of the molecule is CCN(CC)S(=O)(=O)c1ccc(C(=O)N(Cc2ccccn2)c2nc3c(C)ccc(C)c3s2)cc1. The molecule has 0 spiro atoms. The minimum atomic E-state index is -3.60. The Hall–Kier alpha value is -3.14. The van der Waals surface area contributed by atoms with E-state index < -0.39 is 10.0 Å². The summed E-state index contributed by atoms with van der Waals surface area (Å²) in [6, 6.07) is 15.8. The molecule has 2 aromatic heterocycles. The Morgan fingerprint density at radius 3 is 2.23 bits per heavy atom. The van der Waals surface area contributed by atoms with Crippen LogP contribution < -0.4 is 4.90 Å². The van der Waals surface area contributed by atoms with Crippen LogP contribution in [-0.2, 0) is 16.6 Å². The summed E-state index contributed by atoms with van der Waals surface area (Å²) in [6.07, 6.45) is 1.69. The van der Waals surface area contributed by atoms with Crippen molar-refractivity contribution in [1.82, 2.24) is 14.3 Å². The molecule has 2 heterocycles. The maximum atomic E-state index is 13.7. The molecule has 35 heavy (non-hydrogen) atoms. The Labute approximate surface area is 210 Å². The number of carbonyl (C=O) groups excluding carboxylic acids is 1. The largest absolute Gasteiger partial charge is 0.278 e. The number of hydrogen-bond acceptors (Lipinski definition) is 6. The van der Waals surface area contributed by atoms with Crippen molar-refractivity contribution in [3.05, 3.63) is 83.2 Å². The van der Waals surface area contributed by atoms with E-state index in [1.165, 1.54) is 27.8 Å². The van der Waals surface area contributed by atoms with Gasteiger partial charge < -0.3 is 0 Å². The van der Waals surface area contributed by atoms with Gasteiger partial charge in [-0.2, -0.15) is 4.31 Å². The van der Waals surface area contributed by atoms with E-state index in [9.17, 15) is 13.2 Å². The summed E-state index contributed by atoms with van der Waals surface area (Å²) in [7, 11) is -3.60. The van der Waals surface area contributed by atoms with E-state index >= 15 is 0 Å². The second-order valence-corrected chi connectivity index (χ2v) is 11.1. The van der Waals surface area contributed by atoms with Crippen LogP contribution in [0.25, 0.3) is 10.2 Å². The molecule has 0 atom stereocenters. The molecule has 4 rings (SSSR count). The van der Waals surface area contributed by atoms with Crippen molar-refractivity contribution in [1.29, 1.82) is 0 Å². The number of benzene rings is 2.